The molecule has 0 aliphatic carbocycles. The molecule has 20 heavy (non-hydrogen) atoms. The number of aromatic hydroxyl groups is 1. The molecule has 0 spiro atoms. The molecule has 104 valence electrons. The monoisotopic (exact) mass is 277 g/mol. The Labute approximate surface area is 115 Å². The highest BCUT2D eigenvalue weighted by Gasteiger charge is 2.14. The summed E-state index contributed by atoms with van der Waals surface area (Å²) in [5.41, 5.74) is 0.909. The zero-order chi connectivity index (χ0) is 14.7. The molecule has 0 radical (unpaired) electrons. The molecule has 1 N–H and O–H groups in total. The van der Waals surface area contributed by atoms with Crippen LogP contribution in [-0.4, -0.2) is 23.0 Å². The van der Waals surface area contributed by atoms with Gasteiger partial charge < -0.3 is 10.0 Å². The van der Waals surface area contributed by atoms with Crippen LogP contribution >= 0.6 is 0 Å². The lowest BCUT2D eigenvalue weighted by Crippen LogP contribution is -2.26. The fourth-order valence-electron chi connectivity index (χ4n) is 1.80. The lowest BCUT2D eigenvalue weighted by atomic mass is 10.1. The van der Waals surface area contributed by atoms with Gasteiger partial charge in [0.25, 0.3) is 5.91 Å². The van der Waals surface area contributed by atoms with E-state index in [0.29, 0.717) is 6.54 Å². The third kappa shape index (κ3) is 3.12. The molecule has 0 aliphatic heterocycles. The number of phenolic OH excluding ortho intramolecular Hbond substituents is 1. The molecule has 0 bridgehead atoms. The molecule has 3 nitrogen and oxygen atoms in total. The van der Waals surface area contributed by atoms with Gasteiger partial charge in [-0.25, -0.2) is 8.78 Å². The van der Waals surface area contributed by atoms with E-state index in [0.717, 1.165) is 17.7 Å². The first-order valence-electron chi connectivity index (χ1n) is 5.96. The summed E-state index contributed by atoms with van der Waals surface area (Å²) in [5.74, 6) is -2.29. The number of hydrogen-bond acceptors (Lipinski definition) is 2. The van der Waals surface area contributed by atoms with E-state index in [-0.39, 0.29) is 11.3 Å². The van der Waals surface area contributed by atoms with Crippen LogP contribution in [0.1, 0.15) is 15.9 Å². The highest BCUT2D eigenvalue weighted by Crippen LogP contribution is 2.14. The van der Waals surface area contributed by atoms with Crippen molar-refractivity contribution in [3.8, 4) is 5.75 Å². The number of nitrogens with zero attached hydrogens (tertiary/aromatic N) is 1. The molecule has 0 fully saturated rings. The molecule has 0 unspecified atom stereocenters. The standard InChI is InChI=1S/C15H13F2NO2/c1-18(9-10-2-5-12(19)6-3-10)15(20)11-4-7-13(16)14(17)8-11/h2-8,19H,9H2,1H3. The van der Waals surface area contributed by atoms with Gasteiger partial charge in [-0.05, 0) is 35.9 Å². The van der Waals surface area contributed by atoms with Gasteiger partial charge in [-0.3, -0.25) is 4.79 Å². The average Bonchev–Trinajstić information content (AvgIpc) is 2.43. The van der Waals surface area contributed by atoms with Gasteiger partial charge in [0.1, 0.15) is 5.75 Å². The van der Waals surface area contributed by atoms with Crippen molar-refractivity contribution in [3.05, 3.63) is 65.2 Å². The van der Waals surface area contributed by atoms with Crippen molar-refractivity contribution in [3.63, 3.8) is 0 Å². The van der Waals surface area contributed by atoms with Gasteiger partial charge in [0.05, 0.1) is 0 Å². The second-order valence-corrected chi connectivity index (χ2v) is 4.46. The fraction of sp³-hybridized carbons (Fsp3) is 0.133. The summed E-state index contributed by atoms with van der Waals surface area (Å²) in [6, 6.07) is 9.46. The zero-order valence-corrected chi connectivity index (χ0v) is 10.8. The lowest BCUT2D eigenvalue weighted by Gasteiger charge is -2.17. The van der Waals surface area contributed by atoms with E-state index in [1.54, 1.807) is 19.2 Å². The van der Waals surface area contributed by atoms with Crippen LogP contribution in [0.3, 0.4) is 0 Å². The van der Waals surface area contributed by atoms with Gasteiger partial charge in [-0.2, -0.15) is 0 Å². The maximum absolute atomic E-state index is 13.1. The molecule has 0 heterocycles. The van der Waals surface area contributed by atoms with E-state index >= 15 is 0 Å². The van der Waals surface area contributed by atoms with E-state index < -0.39 is 17.5 Å². The summed E-state index contributed by atoms with van der Waals surface area (Å²) < 4.78 is 25.9. The lowest BCUT2D eigenvalue weighted by molar-refractivity contribution is 0.0784. The molecule has 0 saturated carbocycles. The molecular formula is C15H13F2NO2. The minimum absolute atomic E-state index is 0.0881. The van der Waals surface area contributed by atoms with Crippen molar-refractivity contribution in [2.24, 2.45) is 0 Å². The van der Waals surface area contributed by atoms with Crippen LogP contribution in [0.25, 0.3) is 0 Å². The van der Waals surface area contributed by atoms with Crippen LogP contribution < -0.4 is 0 Å². The summed E-state index contributed by atoms with van der Waals surface area (Å²) >= 11 is 0. The largest absolute Gasteiger partial charge is 0.508 e. The Kier molecular flexibility index (Phi) is 3.98. The third-order valence-electron chi connectivity index (χ3n) is 2.87. The second kappa shape index (κ2) is 5.69. The SMILES string of the molecule is CN(Cc1ccc(O)cc1)C(=O)c1ccc(F)c(F)c1. The van der Waals surface area contributed by atoms with Crippen molar-refractivity contribution in [1.29, 1.82) is 0 Å². The van der Waals surface area contributed by atoms with Crippen LogP contribution in [-0.2, 0) is 6.54 Å². The highest BCUT2D eigenvalue weighted by atomic mass is 19.2. The molecule has 5 heteroatoms. The first kappa shape index (κ1) is 14.0. The van der Waals surface area contributed by atoms with Crippen LogP contribution in [0.4, 0.5) is 8.78 Å². The summed E-state index contributed by atoms with van der Waals surface area (Å²) in [4.78, 5) is 13.5. The van der Waals surface area contributed by atoms with Gasteiger partial charge in [0.15, 0.2) is 11.6 Å². The maximum atomic E-state index is 13.1. The van der Waals surface area contributed by atoms with Crippen molar-refractivity contribution >= 4 is 5.91 Å². The topological polar surface area (TPSA) is 40.5 Å². The van der Waals surface area contributed by atoms with Gasteiger partial charge in [0.2, 0.25) is 0 Å². The van der Waals surface area contributed by atoms with Gasteiger partial charge in [0, 0.05) is 19.2 Å². The first-order valence-corrected chi connectivity index (χ1v) is 5.96. The molecular weight excluding hydrogens is 264 g/mol. The Morgan fingerprint density at radius 1 is 1.10 bits per heavy atom. The Morgan fingerprint density at radius 2 is 1.75 bits per heavy atom. The summed E-state index contributed by atoms with van der Waals surface area (Å²) in [7, 11) is 1.57. The summed E-state index contributed by atoms with van der Waals surface area (Å²) in [6.45, 7) is 0.304. The Balaban J connectivity index is 2.11. The van der Waals surface area contributed by atoms with Crippen LogP contribution in [0.2, 0.25) is 0 Å². The summed E-state index contributed by atoms with van der Waals surface area (Å²) in [6.07, 6.45) is 0. The smallest absolute Gasteiger partial charge is 0.254 e. The van der Waals surface area contributed by atoms with E-state index in [2.05, 4.69) is 0 Å². The average molecular weight is 277 g/mol. The minimum atomic E-state index is -1.05. The highest BCUT2D eigenvalue weighted by molar-refractivity contribution is 5.94. The molecule has 2 aromatic rings. The molecule has 0 aliphatic rings. The van der Waals surface area contributed by atoms with Crippen LogP contribution in [0, 0.1) is 11.6 Å². The Morgan fingerprint density at radius 3 is 2.35 bits per heavy atom. The van der Waals surface area contributed by atoms with E-state index in [4.69, 9.17) is 0 Å². The van der Waals surface area contributed by atoms with E-state index in [9.17, 15) is 18.7 Å². The van der Waals surface area contributed by atoms with Crippen LogP contribution in [0.5, 0.6) is 5.75 Å². The Bertz CT molecular complexity index is 626. The number of amides is 1. The Hall–Kier alpha value is -2.43. The van der Waals surface area contributed by atoms with Crippen molar-refractivity contribution in [1.82, 2.24) is 4.90 Å². The number of carbonyl (C=O) groups excluding carboxylic acids is 1. The summed E-state index contributed by atoms with van der Waals surface area (Å²) in [5, 5.41) is 9.18. The quantitative estimate of drug-likeness (QED) is 0.937. The fourth-order valence-corrected chi connectivity index (χ4v) is 1.80. The zero-order valence-electron chi connectivity index (χ0n) is 10.8. The number of phenols is 1. The van der Waals surface area contributed by atoms with Gasteiger partial charge in [-0.1, -0.05) is 12.1 Å². The van der Waals surface area contributed by atoms with E-state index in [1.165, 1.54) is 23.1 Å². The number of hydrogen-bond donors (Lipinski definition) is 1. The molecule has 2 aromatic carbocycles. The molecule has 0 aromatic heterocycles. The predicted octanol–water partition coefficient (Wildman–Crippen LogP) is 2.94. The third-order valence-corrected chi connectivity index (χ3v) is 2.87. The second-order valence-electron chi connectivity index (χ2n) is 4.46. The molecule has 0 atom stereocenters. The van der Waals surface area contributed by atoms with Crippen LogP contribution in [0.15, 0.2) is 42.5 Å². The predicted molar refractivity (Wildman–Crippen MR) is 70.3 cm³/mol. The maximum Gasteiger partial charge on any atom is 0.254 e. The van der Waals surface area contributed by atoms with Gasteiger partial charge in [-0.15, -0.1) is 0 Å². The van der Waals surface area contributed by atoms with Crippen molar-refractivity contribution in [2.45, 2.75) is 6.54 Å². The molecule has 0 saturated heterocycles. The molecule has 1 amide bonds. The number of halogens is 2. The number of benzene rings is 2. The van der Waals surface area contributed by atoms with Gasteiger partial charge >= 0.3 is 0 Å². The number of carbonyl (C=O) groups is 1. The minimum Gasteiger partial charge on any atom is -0.508 e. The number of rotatable bonds is 3. The van der Waals surface area contributed by atoms with E-state index in [1.807, 2.05) is 0 Å². The molecule has 2 rings (SSSR count). The van der Waals surface area contributed by atoms with Crippen molar-refractivity contribution in [2.75, 3.05) is 7.05 Å². The normalized spacial score (nSPS) is 10.3. The van der Waals surface area contributed by atoms with Crippen molar-refractivity contribution < 1.29 is 18.7 Å². The first-order chi connectivity index (χ1) is 9.47.